The summed E-state index contributed by atoms with van der Waals surface area (Å²) in [6, 6.07) is 47.1. The van der Waals surface area contributed by atoms with Crippen LogP contribution in [0.3, 0.4) is 0 Å². The molecule has 0 spiro atoms. The summed E-state index contributed by atoms with van der Waals surface area (Å²) in [5, 5.41) is 7.90. The highest BCUT2D eigenvalue weighted by atomic mass is 32.1. The van der Waals surface area contributed by atoms with Crippen molar-refractivity contribution in [3.63, 3.8) is 0 Å². The molecule has 0 aliphatic carbocycles. The minimum absolute atomic E-state index is 1.17. The third-order valence-corrected chi connectivity index (χ3v) is 11.3. The van der Waals surface area contributed by atoms with Crippen LogP contribution in [-0.4, -0.2) is 0 Å². The summed E-state index contributed by atoms with van der Waals surface area (Å²) in [6.45, 7) is 0. The highest BCUT2D eigenvalue weighted by Crippen LogP contribution is 2.45. The van der Waals surface area contributed by atoms with Crippen LogP contribution in [0.1, 0.15) is 0 Å². The van der Waals surface area contributed by atoms with Gasteiger partial charge in [0.1, 0.15) is 0 Å². The Hall–Kier alpha value is -4.22. The molecular formula is C36H21NS3. The molecule has 0 radical (unpaired) electrons. The molecule has 6 aromatic carbocycles. The fraction of sp³-hybridized carbons (Fsp3) is 0. The molecule has 40 heavy (non-hydrogen) atoms. The highest BCUT2D eigenvalue weighted by molar-refractivity contribution is 7.26. The van der Waals surface area contributed by atoms with E-state index >= 15 is 0 Å². The molecule has 3 aromatic heterocycles. The van der Waals surface area contributed by atoms with Gasteiger partial charge in [-0.2, -0.15) is 0 Å². The van der Waals surface area contributed by atoms with Gasteiger partial charge < -0.3 is 4.90 Å². The first kappa shape index (κ1) is 22.6. The minimum atomic E-state index is 1.17. The van der Waals surface area contributed by atoms with Crippen LogP contribution < -0.4 is 4.90 Å². The molecule has 0 bridgehead atoms. The molecule has 0 amide bonds. The minimum Gasteiger partial charge on any atom is -0.310 e. The van der Waals surface area contributed by atoms with Crippen molar-refractivity contribution in [1.82, 2.24) is 0 Å². The summed E-state index contributed by atoms with van der Waals surface area (Å²) in [4.78, 5) is 2.43. The third kappa shape index (κ3) is 3.37. The largest absolute Gasteiger partial charge is 0.310 e. The lowest BCUT2D eigenvalue weighted by Crippen LogP contribution is -2.09. The molecule has 0 saturated heterocycles. The summed E-state index contributed by atoms with van der Waals surface area (Å²) in [5.41, 5.74) is 3.52. The van der Waals surface area contributed by atoms with E-state index < -0.39 is 0 Å². The van der Waals surface area contributed by atoms with E-state index in [9.17, 15) is 0 Å². The number of hydrogen-bond donors (Lipinski definition) is 0. The Morgan fingerprint density at radius 3 is 0.950 bits per heavy atom. The molecule has 0 N–H and O–H groups in total. The van der Waals surface area contributed by atoms with Crippen molar-refractivity contribution in [3.8, 4) is 0 Å². The Kier molecular flexibility index (Phi) is 4.88. The zero-order valence-corrected chi connectivity index (χ0v) is 23.7. The molecule has 0 atom stereocenters. The van der Waals surface area contributed by atoms with E-state index in [-0.39, 0.29) is 0 Å². The molecule has 9 rings (SSSR count). The second-order valence-electron chi connectivity index (χ2n) is 10.2. The second-order valence-corrected chi connectivity index (χ2v) is 13.4. The number of fused-ring (bicyclic) bond motifs is 9. The molecule has 0 aliphatic rings. The van der Waals surface area contributed by atoms with Gasteiger partial charge in [-0.3, -0.25) is 0 Å². The van der Waals surface area contributed by atoms with E-state index in [1.807, 2.05) is 34.0 Å². The third-order valence-electron chi connectivity index (χ3n) is 7.86. The predicted octanol–water partition coefficient (Wildman–Crippen LogP) is 12.3. The maximum absolute atomic E-state index is 2.43. The Balaban J connectivity index is 1.32. The van der Waals surface area contributed by atoms with E-state index in [2.05, 4.69) is 132 Å². The SMILES string of the molecule is c1ccc2c(c1)sc1ccc(N(c3ccc4sc5ccccc5c4c3)c3ccc4sc5ccccc5c4c3)cc12. The maximum atomic E-state index is 2.43. The van der Waals surface area contributed by atoms with Gasteiger partial charge in [0.15, 0.2) is 0 Å². The standard InChI is InChI=1S/C36H21NS3/c1-4-10-31-25(7-1)28-19-22(13-16-34(28)38-31)37(23-14-17-35-29(20-23)26-8-2-5-11-32(26)39-35)24-15-18-36-30(21-24)27-9-3-6-12-33(27)40-36/h1-21H. The number of anilines is 3. The second kappa shape index (κ2) is 8.64. The van der Waals surface area contributed by atoms with Gasteiger partial charge in [-0.1, -0.05) is 54.6 Å². The van der Waals surface area contributed by atoms with E-state index in [1.54, 1.807) is 0 Å². The van der Waals surface area contributed by atoms with Crippen molar-refractivity contribution in [2.75, 3.05) is 4.90 Å². The van der Waals surface area contributed by atoms with Crippen molar-refractivity contribution in [1.29, 1.82) is 0 Å². The van der Waals surface area contributed by atoms with E-state index in [0.717, 1.165) is 0 Å². The average Bonchev–Trinajstić information content (AvgIpc) is 3.68. The van der Waals surface area contributed by atoms with Crippen LogP contribution in [0.25, 0.3) is 60.5 Å². The Morgan fingerprint density at radius 2 is 0.600 bits per heavy atom. The zero-order chi connectivity index (χ0) is 26.2. The molecule has 188 valence electrons. The van der Waals surface area contributed by atoms with Crippen LogP contribution in [0.5, 0.6) is 0 Å². The first-order valence-electron chi connectivity index (χ1n) is 13.3. The lowest BCUT2D eigenvalue weighted by atomic mass is 10.1. The van der Waals surface area contributed by atoms with Gasteiger partial charge in [-0.05, 0) is 72.8 Å². The van der Waals surface area contributed by atoms with Gasteiger partial charge in [0, 0.05) is 77.6 Å². The van der Waals surface area contributed by atoms with Gasteiger partial charge in [0.25, 0.3) is 0 Å². The number of nitrogens with zero attached hydrogens (tertiary/aromatic N) is 1. The van der Waals surface area contributed by atoms with Crippen LogP contribution in [0.15, 0.2) is 127 Å². The molecule has 9 aromatic rings. The van der Waals surface area contributed by atoms with Gasteiger partial charge in [-0.25, -0.2) is 0 Å². The first-order chi connectivity index (χ1) is 19.8. The topological polar surface area (TPSA) is 3.24 Å². The Bertz CT molecular complexity index is 2130. The number of thiophene rings is 3. The van der Waals surface area contributed by atoms with E-state index in [0.29, 0.717) is 0 Å². The number of rotatable bonds is 3. The van der Waals surface area contributed by atoms with E-state index in [1.165, 1.54) is 77.6 Å². The number of hydrogen-bond acceptors (Lipinski definition) is 4. The van der Waals surface area contributed by atoms with Gasteiger partial charge >= 0.3 is 0 Å². The molecule has 1 nitrogen and oxygen atoms in total. The van der Waals surface area contributed by atoms with Gasteiger partial charge in [0.05, 0.1) is 0 Å². The van der Waals surface area contributed by atoms with Crippen molar-refractivity contribution < 1.29 is 0 Å². The molecule has 4 heteroatoms. The molecule has 0 unspecified atom stereocenters. The van der Waals surface area contributed by atoms with E-state index in [4.69, 9.17) is 0 Å². The molecule has 3 heterocycles. The lowest BCUT2D eigenvalue weighted by Gasteiger charge is -2.26. The molecule has 0 saturated carbocycles. The first-order valence-corrected chi connectivity index (χ1v) is 15.8. The van der Waals surface area contributed by atoms with Crippen LogP contribution in [-0.2, 0) is 0 Å². The van der Waals surface area contributed by atoms with Crippen LogP contribution >= 0.6 is 34.0 Å². The molecular weight excluding hydrogens is 543 g/mol. The Labute approximate surface area is 242 Å². The van der Waals surface area contributed by atoms with Gasteiger partial charge in [0.2, 0.25) is 0 Å². The fourth-order valence-corrected chi connectivity index (χ4v) is 9.27. The smallest absolute Gasteiger partial charge is 0.0468 e. The molecule has 0 fully saturated rings. The highest BCUT2D eigenvalue weighted by Gasteiger charge is 2.18. The summed E-state index contributed by atoms with van der Waals surface area (Å²) >= 11 is 5.60. The predicted molar refractivity (Wildman–Crippen MR) is 180 cm³/mol. The average molecular weight is 564 g/mol. The van der Waals surface area contributed by atoms with Gasteiger partial charge in [-0.15, -0.1) is 34.0 Å². The van der Waals surface area contributed by atoms with Crippen LogP contribution in [0.4, 0.5) is 17.1 Å². The number of benzene rings is 6. The summed E-state index contributed by atoms with van der Waals surface area (Å²) in [6.07, 6.45) is 0. The van der Waals surface area contributed by atoms with Crippen molar-refractivity contribution >= 4 is 112 Å². The van der Waals surface area contributed by atoms with Crippen molar-refractivity contribution in [3.05, 3.63) is 127 Å². The summed E-state index contributed by atoms with van der Waals surface area (Å²) in [7, 11) is 0. The van der Waals surface area contributed by atoms with Crippen LogP contribution in [0, 0.1) is 0 Å². The quantitative estimate of drug-likeness (QED) is 0.207. The molecule has 0 aliphatic heterocycles. The normalized spacial score (nSPS) is 12.0. The van der Waals surface area contributed by atoms with Crippen molar-refractivity contribution in [2.45, 2.75) is 0 Å². The maximum Gasteiger partial charge on any atom is 0.0468 e. The monoisotopic (exact) mass is 563 g/mol. The van der Waals surface area contributed by atoms with Crippen molar-refractivity contribution in [2.24, 2.45) is 0 Å². The Morgan fingerprint density at radius 1 is 0.300 bits per heavy atom. The summed E-state index contributed by atoms with van der Waals surface area (Å²) in [5.74, 6) is 0. The summed E-state index contributed by atoms with van der Waals surface area (Å²) < 4.78 is 7.96. The fourth-order valence-electron chi connectivity index (χ4n) is 6.01. The lowest BCUT2D eigenvalue weighted by molar-refractivity contribution is 1.30. The van der Waals surface area contributed by atoms with Crippen LogP contribution in [0.2, 0.25) is 0 Å². The zero-order valence-electron chi connectivity index (χ0n) is 21.3.